The quantitative estimate of drug-likeness (QED) is 0.644. The second-order valence-corrected chi connectivity index (χ2v) is 8.46. The standard InChI is InChI=1S/C19H18FN3O3S2/c1-26-18(25)13-6-8-27-17(13)22-16(24)11-3-2-7-23(10-11)19-21-14-5-4-12(20)9-15(14)28-19/h4-6,8-9,11H,2-3,7,10H2,1H3,(H,22,24). The van der Waals surface area contributed by atoms with Gasteiger partial charge in [0.05, 0.1) is 28.8 Å². The van der Waals surface area contributed by atoms with Crippen LogP contribution >= 0.6 is 22.7 Å². The van der Waals surface area contributed by atoms with Crippen molar-refractivity contribution in [2.75, 3.05) is 30.4 Å². The number of hydrogen-bond acceptors (Lipinski definition) is 7. The van der Waals surface area contributed by atoms with Gasteiger partial charge in [0.2, 0.25) is 5.91 Å². The molecule has 0 saturated carbocycles. The number of rotatable bonds is 4. The number of hydrogen-bond donors (Lipinski definition) is 1. The fourth-order valence-corrected chi connectivity index (χ4v) is 5.08. The molecule has 2 aromatic heterocycles. The highest BCUT2D eigenvalue weighted by atomic mass is 32.1. The molecule has 146 valence electrons. The van der Waals surface area contributed by atoms with Gasteiger partial charge in [-0.1, -0.05) is 11.3 Å². The number of nitrogens with zero attached hydrogens (tertiary/aromatic N) is 2. The van der Waals surface area contributed by atoms with Crippen LogP contribution in [0.2, 0.25) is 0 Å². The zero-order valence-electron chi connectivity index (χ0n) is 15.1. The molecule has 0 spiro atoms. The minimum absolute atomic E-state index is 0.121. The van der Waals surface area contributed by atoms with E-state index in [0.29, 0.717) is 17.1 Å². The van der Waals surface area contributed by atoms with E-state index in [1.165, 1.54) is 41.9 Å². The van der Waals surface area contributed by atoms with Crippen molar-refractivity contribution in [2.45, 2.75) is 12.8 Å². The number of aromatic nitrogens is 1. The summed E-state index contributed by atoms with van der Waals surface area (Å²) in [5.41, 5.74) is 1.12. The molecule has 0 bridgehead atoms. The van der Waals surface area contributed by atoms with E-state index in [0.717, 1.165) is 34.7 Å². The number of esters is 1. The van der Waals surface area contributed by atoms with Crippen molar-refractivity contribution in [3.8, 4) is 0 Å². The van der Waals surface area contributed by atoms with Gasteiger partial charge in [-0.25, -0.2) is 14.2 Å². The van der Waals surface area contributed by atoms with Gasteiger partial charge in [0.15, 0.2) is 5.13 Å². The van der Waals surface area contributed by atoms with Crippen molar-refractivity contribution >= 4 is 54.9 Å². The Bertz CT molecular complexity index is 1030. The third-order valence-electron chi connectivity index (χ3n) is 4.71. The summed E-state index contributed by atoms with van der Waals surface area (Å²) in [5.74, 6) is -1.09. The molecule has 1 fully saturated rings. The number of halogens is 1. The maximum absolute atomic E-state index is 13.4. The Labute approximate surface area is 168 Å². The van der Waals surface area contributed by atoms with Crippen LogP contribution in [0.25, 0.3) is 10.2 Å². The van der Waals surface area contributed by atoms with Crippen molar-refractivity contribution in [1.29, 1.82) is 0 Å². The van der Waals surface area contributed by atoms with Crippen molar-refractivity contribution in [2.24, 2.45) is 5.92 Å². The Balaban J connectivity index is 1.48. The van der Waals surface area contributed by atoms with Gasteiger partial charge in [-0.2, -0.15) is 0 Å². The van der Waals surface area contributed by atoms with E-state index >= 15 is 0 Å². The summed E-state index contributed by atoms with van der Waals surface area (Å²) in [6, 6.07) is 6.19. The van der Waals surface area contributed by atoms with E-state index in [9.17, 15) is 14.0 Å². The van der Waals surface area contributed by atoms with Crippen LogP contribution in [0.4, 0.5) is 14.5 Å². The molecule has 9 heteroatoms. The summed E-state index contributed by atoms with van der Waals surface area (Å²) >= 11 is 2.73. The van der Waals surface area contributed by atoms with Crippen LogP contribution in [0.5, 0.6) is 0 Å². The van der Waals surface area contributed by atoms with E-state index in [2.05, 4.69) is 15.2 Å². The van der Waals surface area contributed by atoms with Crippen molar-refractivity contribution < 1.29 is 18.7 Å². The fraction of sp³-hybridized carbons (Fsp3) is 0.316. The molecule has 1 N–H and O–H groups in total. The van der Waals surface area contributed by atoms with Crippen molar-refractivity contribution in [3.05, 3.63) is 41.0 Å². The number of methoxy groups -OCH3 is 1. The first-order valence-electron chi connectivity index (χ1n) is 8.83. The second kappa shape index (κ2) is 7.84. The van der Waals surface area contributed by atoms with Crippen LogP contribution < -0.4 is 10.2 Å². The third kappa shape index (κ3) is 3.72. The monoisotopic (exact) mass is 419 g/mol. The van der Waals surface area contributed by atoms with Gasteiger partial charge in [0.25, 0.3) is 0 Å². The molecule has 6 nitrogen and oxygen atoms in total. The fourth-order valence-electron chi connectivity index (χ4n) is 3.28. The molecule has 0 aliphatic carbocycles. The topological polar surface area (TPSA) is 71.5 Å². The van der Waals surface area contributed by atoms with Gasteiger partial charge in [-0.3, -0.25) is 4.79 Å². The minimum Gasteiger partial charge on any atom is -0.465 e. The minimum atomic E-state index is -0.469. The number of thiazole rings is 1. The maximum atomic E-state index is 13.4. The third-order valence-corrected chi connectivity index (χ3v) is 6.62. The van der Waals surface area contributed by atoms with Gasteiger partial charge in [0, 0.05) is 13.1 Å². The molecule has 1 saturated heterocycles. The number of benzene rings is 1. The van der Waals surface area contributed by atoms with E-state index in [1.54, 1.807) is 17.5 Å². The van der Waals surface area contributed by atoms with Gasteiger partial charge >= 0.3 is 5.97 Å². The summed E-state index contributed by atoms with van der Waals surface area (Å²) < 4.78 is 19.0. The van der Waals surface area contributed by atoms with Gasteiger partial charge in [-0.05, 0) is 42.5 Å². The largest absolute Gasteiger partial charge is 0.465 e. The molecule has 1 aliphatic rings. The Hall–Kier alpha value is -2.52. The van der Waals surface area contributed by atoms with E-state index in [-0.39, 0.29) is 17.6 Å². The average molecular weight is 420 g/mol. The highest BCUT2D eigenvalue weighted by Gasteiger charge is 2.28. The number of fused-ring (bicyclic) bond motifs is 1. The summed E-state index contributed by atoms with van der Waals surface area (Å²) in [6.07, 6.45) is 1.62. The van der Waals surface area contributed by atoms with Crippen molar-refractivity contribution in [1.82, 2.24) is 4.98 Å². The average Bonchev–Trinajstić information content (AvgIpc) is 3.34. The number of carbonyl (C=O) groups excluding carboxylic acids is 2. The van der Waals surface area contributed by atoms with Crippen LogP contribution in [0.3, 0.4) is 0 Å². The van der Waals surface area contributed by atoms with Gasteiger partial charge in [-0.15, -0.1) is 11.3 Å². The van der Waals surface area contributed by atoms with Crippen LogP contribution in [0.15, 0.2) is 29.6 Å². The lowest BCUT2D eigenvalue weighted by Gasteiger charge is -2.31. The molecule has 0 radical (unpaired) electrons. The lowest BCUT2D eigenvalue weighted by molar-refractivity contribution is -0.120. The number of nitrogens with one attached hydrogen (secondary N) is 1. The molecule has 1 amide bonds. The highest BCUT2D eigenvalue weighted by molar-refractivity contribution is 7.22. The van der Waals surface area contributed by atoms with E-state index in [1.807, 2.05) is 0 Å². The number of piperidine rings is 1. The Morgan fingerprint density at radius 2 is 2.21 bits per heavy atom. The lowest BCUT2D eigenvalue weighted by atomic mass is 9.97. The molecule has 4 rings (SSSR count). The first-order valence-corrected chi connectivity index (χ1v) is 10.5. The summed E-state index contributed by atoms with van der Waals surface area (Å²) in [7, 11) is 1.31. The zero-order chi connectivity index (χ0) is 19.7. The summed E-state index contributed by atoms with van der Waals surface area (Å²) in [5, 5.41) is 5.91. The Kier molecular flexibility index (Phi) is 5.27. The molecule has 1 atom stereocenters. The van der Waals surface area contributed by atoms with Crippen molar-refractivity contribution in [3.63, 3.8) is 0 Å². The molecule has 3 aromatic rings. The van der Waals surface area contributed by atoms with Crippen LogP contribution in [-0.4, -0.2) is 37.1 Å². The van der Waals surface area contributed by atoms with Crippen LogP contribution in [0.1, 0.15) is 23.2 Å². The Morgan fingerprint density at radius 1 is 1.36 bits per heavy atom. The first-order chi connectivity index (χ1) is 13.5. The second-order valence-electron chi connectivity index (χ2n) is 6.54. The maximum Gasteiger partial charge on any atom is 0.340 e. The molecular weight excluding hydrogens is 401 g/mol. The predicted molar refractivity (Wildman–Crippen MR) is 109 cm³/mol. The van der Waals surface area contributed by atoms with Gasteiger partial charge < -0.3 is 15.0 Å². The van der Waals surface area contributed by atoms with E-state index in [4.69, 9.17) is 4.74 Å². The number of ether oxygens (including phenoxy) is 1. The number of anilines is 2. The molecule has 1 aliphatic heterocycles. The van der Waals surface area contributed by atoms with Gasteiger partial charge in [0.1, 0.15) is 10.8 Å². The zero-order valence-corrected chi connectivity index (χ0v) is 16.7. The summed E-state index contributed by atoms with van der Waals surface area (Å²) in [6.45, 7) is 1.34. The number of amides is 1. The molecular formula is C19H18FN3O3S2. The molecule has 28 heavy (non-hydrogen) atoms. The van der Waals surface area contributed by atoms with E-state index < -0.39 is 5.97 Å². The van der Waals surface area contributed by atoms with Crippen LogP contribution in [0, 0.1) is 11.7 Å². The number of thiophene rings is 1. The first kappa shape index (κ1) is 18.8. The normalized spacial score (nSPS) is 16.9. The lowest BCUT2D eigenvalue weighted by Crippen LogP contribution is -2.40. The predicted octanol–water partition coefficient (Wildman–Crippen LogP) is 4.14. The van der Waals surface area contributed by atoms with Crippen LogP contribution in [-0.2, 0) is 9.53 Å². The summed E-state index contributed by atoms with van der Waals surface area (Å²) in [4.78, 5) is 31.2. The highest BCUT2D eigenvalue weighted by Crippen LogP contribution is 2.33. The molecule has 1 aromatic carbocycles. The smallest absolute Gasteiger partial charge is 0.340 e. The Morgan fingerprint density at radius 3 is 3.04 bits per heavy atom. The SMILES string of the molecule is COC(=O)c1ccsc1NC(=O)C1CCCN(c2nc3ccc(F)cc3s2)C1. The molecule has 3 heterocycles. The molecule has 1 unspecified atom stereocenters. The number of carbonyl (C=O) groups is 2.